The third-order valence-electron chi connectivity index (χ3n) is 9.57. The van der Waals surface area contributed by atoms with Crippen LogP contribution in [0.2, 0.25) is 0 Å². The van der Waals surface area contributed by atoms with E-state index in [4.69, 9.17) is 10.2 Å². The molecule has 0 aliphatic heterocycles. The Kier molecular flexibility index (Phi) is 6.11. The first kappa shape index (κ1) is 27.4. The largest absolute Gasteiger partial charge is 0.309 e. The number of hydrogen-bond donors (Lipinski definition) is 0. The van der Waals surface area contributed by atoms with Gasteiger partial charge < -0.3 is 9.13 Å². The van der Waals surface area contributed by atoms with Gasteiger partial charge in [0, 0.05) is 44.0 Å². The predicted molar refractivity (Wildman–Crippen MR) is 201 cm³/mol. The van der Waals surface area contributed by atoms with E-state index >= 15 is 0 Å². The van der Waals surface area contributed by atoms with Crippen molar-refractivity contribution in [2.45, 2.75) is 0 Å². The summed E-state index contributed by atoms with van der Waals surface area (Å²) >= 11 is 0. The van der Waals surface area contributed by atoms with Gasteiger partial charge in [-0.15, -0.1) is 10.2 Å². The second-order valence-corrected chi connectivity index (χ2v) is 12.3. The first-order chi connectivity index (χ1) is 24.3. The Morgan fingerprint density at radius 1 is 0.327 bits per heavy atom. The zero-order valence-corrected chi connectivity index (χ0v) is 26.5. The van der Waals surface area contributed by atoms with Crippen LogP contribution in [0.4, 0.5) is 0 Å². The molecule has 0 N–H and O–H groups in total. The van der Waals surface area contributed by atoms with Crippen molar-refractivity contribution in [1.82, 2.24) is 23.9 Å². The maximum Gasteiger partial charge on any atom is 0.168 e. The summed E-state index contributed by atoms with van der Waals surface area (Å²) in [5, 5.41) is 14.5. The molecule has 5 heteroatoms. The summed E-state index contributed by atoms with van der Waals surface area (Å²) < 4.78 is 7.00. The highest BCUT2D eigenvalue weighted by Crippen LogP contribution is 2.39. The molecule has 0 bridgehead atoms. The molecule has 0 unspecified atom stereocenters. The fourth-order valence-electron chi connectivity index (χ4n) is 7.48. The Labute approximate surface area is 282 Å². The summed E-state index contributed by atoms with van der Waals surface area (Å²) in [6.07, 6.45) is 0. The van der Waals surface area contributed by atoms with E-state index < -0.39 is 0 Å². The average Bonchev–Trinajstić information content (AvgIpc) is 3.86. The molecule has 0 atom stereocenters. The predicted octanol–water partition coefficient (Wildman–Crippen LogP) is 10.8. The van der Waals surface area contributed by atoms with E-state index in [1.165, 1.54) is 32.6 Å². The molecule has 0 aliphatic rings. The maximum atomic E-state index is 4.81. The van der Waals surface area contributed by atoms with Gasteiger partial charge in [0.15, 0.2) is 11.6 Å². The molecule has 5 nitrogen and oxygen atoms in total. The lowest BCUT2D eigenvalue weighted by Crippen LogP contribution is -2.04. The van der Waals surface area contributed by atoms with Crippen molar-refractivity contribution in [2.24, 2.45) is 0 Å². The molecule has 7 aromatic carbocycles. The minimum atomic E-state index is 0.794. The molecular formula is C44H29N5. The van der Waals surface area contributed by atoms with E-state index in [0.29, 0.717) is 0 Å². The van der Waals surface area contributed by atoms with Crippen LogP contribution in [-0.2, 0) is 0 Å². The molecule has 3 aromatic heterocycles. The number of hydrogen-bond acceptors (Lipinski definition) is 2. The number of fused-ring (bicyclic) bond motifs is 6. The van der Waals surface area contributed by atoms with E-state index in [1.54, 1.807) is 0 Å². The van der Waals surface area contributed by atoms with Gasteiger partial charge in [-0.3, -0.25) is 4.57 Å². The van der Waals surface area contributed by atoms with Gasteiger partial charge in [0.1, 0.15) is 0 Å². The Morgan fingerprint density at radius 2 is 0.755 bits per heavy atom. The van der Waals surface area contributed by atoms with Gasteiger partial charge in [-0.25, -0.2) is 0 Å². The minimum absolute atomic E-state index is 0.794. The molecule has 0 saturated carbocycles. The average molecular weight is 628 g/mol. The summed E-state index contributed by atoms with van der Waals surface area (Å²) in [6.45, 7) is 0. The van der Waals surface area contributed by atoms with Gasteiger partial charge in [-0.05, 0) is 42.5 Å². The highest BCUT2D eigenvalue weighted by Gasteiger charge is 2.23. The molecule has 49 heavy (non-hydrogen) atoms. The summed E-state index contributed by atoms with van der Waals surface area (Å²) in [7, 11) is 0. The molecule has 3 heterocycles. The fraction of sp³-hybridized carbons (Fsp3) is 0. The number of aromatic nitrogens is 5. The Hall–Kier alpha value is -6.72. The Bertz CT molecular complexity index is 2710. The second kappa shape index (κ2) is 10.9. The Morgan fingerprint density at radius 3 is 1.33 bits per heavy atom. The van der Waals surface area contributed by atoms with Crippen LogP contribution in [0.15, 0.2) is 176 Å². The van der Waals surface area contributed by atoms with Crippen LogP contribution in [-0.4, -0.2) is 23.9 Å². The molecule has 10 aromatic rings. The molecule has 230 valence electrons. The van der Waals surface area contributed by atoms with Gasteiger partial charge in [0.05, 0.1) is 27.8 Å². The lowest BCUT2D eigenvalue weighted by molar-refractivity contribution is 1.06. The monoisotopic (exact) mass is 627 g/mol. The highest BCUT2D eigenvalue weighted by molar-refractivity contribution is 6.12. The van der Waals surface area contributed by atoms with Crippen LogP contribution < -0.4 is 0 Å². The van der Waals surface area contributed by atoms with Gasteiger partial charge in [0.2, 0.25) is 0 Å². The maximum absolute atomic E-state index is 4.81. The lowest BCUT2D eigenvalue weighted by atomic mass is 10.1. The van der Waals surface area contributed by atoms with Crippen LogP contribution in [0.3, 0.4) is 0 Å². The third-order valence-corrected chi connectivity index (χ3v) is 9.57. The van der Waals surface area contributed by atoms with Crippen LogP contribution in [0.25, 0.3) is 83.4 Å². The number of nitrogens with zero attached hydrogens (tertiary/aromatic N) is 5. The number of benzene rings is 7. The topological polar surface area (TPSA) is 40.6 Å². The lowest BCUT2D eigenvalue weighted by Gasteiger charge is -2.16. The van der Waals surface area contributed by atoms with Crippen molar-refractivity contribution < 1.29 is 0 Å². The second-order valence-electron chi connectivity index (χ2n) is 12.3. The van der Waals surface area contributed by atoms with Crippen molar-refractivity contribution in [3.05, 3.63) is 176 Å². The van der Waals surface area contributed by atoms with Crippen molar-refractivity contribution >= 4 is 43.6 Å². The standard InChI is InChI=1S/C44H29N5/c1-3-15-30(16-4-1)43-45-46-44(31-17-5-2-6-18-31)49(43)41-28-14-24-37-36-23-9-12-27-40(36)48(42(37)41)33-20-13-19-32(29-33)47-38-25-10-7-21-34(38)35-22-8-11-26-39(35)47/h1-29H. The molecule has 10 rings (SSSR count). The molecule has 0 radical (unpaired) electrons. The van der Waals surface area contributed by atoms with Gasteiger partial charge in [-0.2, -0.15) is 0 Å². The summed E-state index contributed by atoms with van der Waals surface area (Å²) in [5.41, 5.74) is 9.82. The number of rotatable bonds is 5. The summed E-state index contributed by atoms with van der Waals surface area (Å²) in [5.74, 6) is 1.59. The van der Waals surface area contributed by atoms with Gasteiger partial charge in [-0.1, -0.05) is 133 Å². The molecule has 0 fully saturated rings. The minimum Gasteiger partial charge on any atom is -0.309 e. The molecule has 0 amide bonds. The van der Waals surface area contributed by atoms with E-state index in [1.807, 2.05) is 36.4 Å². The third kappa shape index (κ3) is 4.19. The first-order valence-electron chi connectivity index (χ1n) is 16.5. The normalized spacial score (nSPS) is 11.7. The summed E-state index contributed by atoms with van der Waals surface area (Å²) in [4.78, 5) is 0. The van der Waals surface area contributed by atoms with Crippen molar-refractivity contribution in [3.63, 3.8) is 0 Å². The number of para-hydroxylation sites is 4. The zero-order chi connectivity index (χ0) is 32.3. The summed E-state index contributed by atoms with van der Waals surface area (Å²) in [6, 6.07) is 62.1. The van der Waals surface area contributed by atoms with Crippen LogP contribution in [0.5, 0.6) is 0 Å². The molecule has 0 spiro atoms. The quantitative estimate of drug-likeness (QED) is 0.190. The van der Waals surface area contributed by atoms with Crippen molar-refractivity contribution in [1.29, 1.82) is 0 Å². The van der Waals surface area contributed by atoms with Crippen LogP contribution in [0.1, 0.15) is 0 Å². The fourth-order valence-corrected chi connectivity index (χ4v) is 7.48. The van der Waals surface area contributed by atoms with Crippen molar-refractivity contribution in [2.75, 3.05) is 0 Å². The van der Waals surface area contributed by atoms with Gasteiger partial charge in [0.25, 0.3) is 0 Å². The molecule has 0 saturated heterocycles. The Balaban J connectivity index is 1.29. The smallest absolute Gasteiger partial charge is 0.168 e. The van der Waals surface area contributed by atoms with E-state index in [2.05, 4.69) is 153 Å². The first-order valence-corrected chi connectivity index (χ1v) is 16.5. The molecular weight excluding hydrogens is 599 g/mol. The van der Waals surface area contributed by atoms with E-state index in [9.17, 15) is 0 Å². The molecule has 0 aliphatic carbocycles. The van der Waals surface area contributed by atoms with Crippen LogP contribution in [0, 0.1) is 0 Å². The van der Waals surface area contributed by atoms with E-state index in [-0.39, 0.29) is 0 Å². The zero-order valence-electron chi connectivity index (χ0n) is 26.5. The van der Waals surface area contributed by atoms with Crippen molar-refractivity contribution in [3.8, 4) is 39.8 Å². The van der Waals surface area contributed by atoms with E-state index in [0.717, 1.165) is 50.9 Å². The highest BCUT2D eigenvalue weighted by atomic mass is 15.3. The van der Waals surface area contributed by atoms with Gasteiger partial charge >= 0.3 is 0 Å². The SMILES string of the molecule is c1ccc(-c2nnc(-c3ccccc3)n2-c2cccc3c4ccccc4n(-c4cccc(-n5c6ccccc6c6ccccc65)c4)c23)cc1. The van der Waals surface area contributed by atoms with Crippen LogP contribution >= 0.6 is 0 Å².